The highest BCUT2D eigenvalue weighted by Gasteiger charge is 2.27. The maximum atomic E-state index is 5.96. The van der Waals surface area contributed by atoms with E-state index >= 15 is 0 Å². The molecule has 0 spiro atoms. The molecule has 110 valence electrons. The van der Waals surface area contributed by atoms with Gasteiger partial charge in [-0.25, -0.2) is 0 Å². The smallest absolute Gasteiger partial charge is 0.0407 e. The van der Waals surface area contributed by atoms with E-state index in [0.717, 1.165) is 30.1 Å². The summed E-state index contributed by atoms with van der Waals surface area (Å²) in [7, 11) is 0. The summed E-state index contributed by atoms with van der Waals surface area (Å²) in [6.45, 7) is 7.12. The molecule has 2 atom stereocenters. The van der Waals surface area contributed by atoms with Gasteiger partial charge in [-0.05, 0) is 43.0 Å². The van der Waals surface area contributed by atoms with Gasteiger partial charge in [0.2, 0.25) is 0 Å². The molecule has 0 N–H and O–H groups in total. The summed E-state index contributed by atoms with van der Waals surface area (Å²) in [5.74, 6) is 0.919. The topological polar surface area (TPSA) is 6.48 Å². The first-order valence-electron chi connectivity index (χ1n) is 7.97. The summed E-state index contributed by atoms with van der Waals surface area (Å²) in [6.07, 6.45) is 5.66. The lowest BCUT2D eigenvalue weighted by Gasteiger charge is -2.42. The first kappa shape index (κ1) is 14.2. The van der Waals surface area contributed by atoms with Crippen molar-refractivity contribution in [3.63, 3.8) is 0 Å². The van der Waals surface area contributed by atoms with Crippen molar-refractivity contribution in [2.24, 2.45) is 5.92 Å². The Morgan fingerprint density at radius 1 is 1.00 bits per heavy atom. The molecule has 0 unspecified atom stereocenters. The summed E-state index contributed by atoms with van der Waals surface area (Å²) in [4.78, 5) is 5.21. The number of piperazine rings is 1. The summed E-state index contributed by atoms with van der Waals surface area (Å²) in [5.41, 5.74) is 1.31. The van der Waals surface area contributed by atoms with E-state index in [2.05, 4.69) is 28.9 Å². The lowest BCUT2D eigenvalue weighted by molar-refractivity contribution is 0.127. The molecule has 0 aromatic heterocycles. The van der Waals surface area contributed by atoms with Crippen LogP contribution in [0.4, 0.5) is 5.69 Å². The van der Waals surface area contributed by atoms with E-state index in [0.29, 0.717) is 0 Å². The van der Waals surface area contributed by atoms with Crippen LogP contribution in [-0.4, -0.2) is 37.1 Å². The fourth-order valence-electron chi connectivity index (χ4n) is 3.73. The van der Waals surface area contributed by atoms with Crippen LogP contribution in [0.25, 0.3) is 0 Å². The molecule has 1 heterocycles. The number of anilines is 1. The molecule has 0 radical (unpaired) electrons. The van der Waals surface area contributed by atoms with E-state index < -0.39 is 0 Å². The third-order valence-corrected chi connectivity index (χ3v) is 5.18. The first-order chi connectivity index (χ1) is 9.72. The SMILES string of the molecule is C[C@@H]1CCC[C@H](N2CCN(c3ccc(Cl)cc3)CC2)C1. The summed E-state index contributed by atoms with van der Waals surface area (Å²) < 4.78 is 0. The second kappa shape index (κ2) is 6.36. The highest BCUT2D eigenvalue weighted by molar-refractivity contribution is 6.30. The molecule has 2 fully saturated rings. The standard InChI is InChI=1S/C17H25ClN2/c1-14-3-2-4-17(13-14)20-11-9-19(10-12-20)16-7-5-15(18)6-8-16/h5-8,14,17H,2-4,9-13H2,1H3/t14-,17+/m1/s1. The van der Waals surface area contributed by atoms with Crippen LogP contribution in [-0.2, 0) is 0 Å². The molecular weight excluding hydrogens is 268 g/mol. The van der Waals surface area contributed by atoms with Crippen LogP contribution >= 0.6 is 11.6 Å². The van der Waals surface area contributed by atoms with Gasteiger partial charge in [0.05, 0.1) is 0 Å². The maximum absolute atomic E-state index is 5.96. The number of hydrogen-bond donors (Lipinski definition) is 0. The van der Waals surface area contributed by atoms with E-state index in [1.54, 1.807) is 0 Å². The molecular formula is C17H25ClN2. The molecule has 2 aliphatic rings. The van der Waals surface area contributed by atoms with Crippen molar-refractivity contribution < 1.29 is 0 Å². The number of halogens is 1. The monoisotopic (exact) mass is 292 g/mol. The average molecular weight is 293 g/mol. The van der Waals surface area contributed by atoms with E-state index in [-0.39, 0.29) is 0 Å². The fraction of sp³-hybridized carbons (Fsp3) is 0.647. The minimum Gasteiger partial charge on any atom is -0.369 e. The van der Waals surface area contributed by atoms with Crippen molar-refractivity contribution in [1.29, 1.82) is 0 Å². The fourth-order valence-corrected chi connectivity index (χ4v) is 3.86. The molecule has 3 heteroatoms. The van der Waals surface area contributed by atoms with Gasteiger partial charge in [0, 0.05) is 42.9 Å². The van der Waals surface area contributed by atoms with E-state index in [4.69, 9.17) is 11.6 Å². The molecule has 0 amide bonds. The average Bonchev–Trinajstić information content (AvgIpc) is 2.48. The van der Waals surface area contributed by atoms with Crippen molar-refractivity contribution in [1.82, 2.24) is 4.90 Å². The Morgan fingerprint density at radius 2 is 1.70 bits per heavy atom. The van der Waals surface area contributed by atoms with Crippen molar-refractivity contribution in [3.05, 3.63) is 29.3 Å². The second-order valence-electron chi connectivity index (χ2n) is 6.43. The van der Waals surface area contributed by atoms with E-state index in [9.17, 15) is 0 Å². The van der Waals surface area contributed by atoms with Crippen LogP contribution in [0.1, 0.15) is 32.6 Å². The normalized spacial score (nSPS) is 28.6. The molecule has 1 aromatic carbocycles. The van der Waals surface area contributed by atoms with Crippen molar-refractivity contribution in [2.75, 3.05) is 31.1 Å². The molecule has 2 nitrogen and oxygen atoms in total. The lowest BCUT2D eigenvalue weighted by Crippen LogP contribution is -2.51. The van der Waals surface area contributed by atoms with Crippen molar-refractivity contribution >= 4 is 17.3 Å². The second-order valence-corrected chi connectivity index (χ2v) is 6.86. The van der Waals surface area contributed by atoms with Crippen molar-refractivity contribution in [3.8, 4) is 0 Å². The molecule has 0 bridgehead atoms. The molecule has 1 aliphatic carbocycles. The van der Waals surface area contributed by atoms with Crippen LogP contribution in [0, 0.1) is 5.92 Å². The number of nitrogens with zero attached hydrogens (tertiary/aromatic N) is 2. The zero-order chi connectivity index (χ0) is 13.9. The molecule has 1 aliphatic heterocycles. The minimum atomic E-state index is 0.823. The Bertz CT molecular complexity index is 423. The van der Waals surface area contributed by atoms with Gasteiger partial charge in [0.25, 0.3) is 0 Å². The van der Waals surface area contributed by atoms with Gasteiger partial charge in [-0.2, -0.15) is 0 Å². The van der Waals surface area contributed by atoms with Gasteiger partial charge in [-0.1, -0.05) is 31.4 Å². The Kier molecular flexibility index (Phi) is 4.52. The predicted molar refractivity (Wildman–Crippen MR) is 86.7 cm³/mol. The van der Waals surface area contributed by atoms with Gasteiger partial charge in [-0.3, -0.25) is 4.90 Å². The number of hydrogen-bond acceptors (Lipinski definition) is 2. The summed E-state index contributed by atoms with van der Waals surface area (Å²) >= 11 is 5.96. The highest BCUT2D eigenvalue weighted by atomic mass is 35.5. The Labute approximate surface area is 127 Å². The van der Waals surface area contributed by atoms with Crippen LogP contribution in [0.5, 0.6) is 0 Å². The van der Waals surface area contributed by atoms with Crippen LogP contribution < -0.4 is 4.90 Å². The van der Waals surface area contributed by atoms with Gasteiger partial charge >= 0.3 is 0 Å². The van der Waals surface area contributed by atoms with Crippen LogP contribution in [0.3, 0.4) is 0 Å². The van der Waals surface area contributed by atoms with Crippen molar-refractivity contribution in [2.45, 2.75) is 38.6 Å². The predicted octanol–water partition coefficient (Wildman–Crippen LogP) is 4.04. The molecule has 1 saturated carbocycles. The highest BCUT2D eigenvalue weighted by Crippen LogP contribution is 2.28. The lowest BCUT2D eigenvalue weighted by atomic mass is 9.86. The molecule has 20 heavy (non-hydrogen) atoms. The summed E-state index contributed by atoms with van der Waals surface area (Å²) in [5, 5.41) is 0.823. The Balaban J connectivity index is 1.55. The van der Waals surface area contributed by atoms with E-state index in [1.807, 2.05) is 12.1 Å². The largest absolute Gasteiger partial charge is 0.369 e. The number of rotatable bonds is 2. The maximum Gasteiger partial charge on any atom is 0.0407 e. The number of benzene rings is 1. The van der Waals surface area contributed by atoms with Gasteiger partial charge in [0.15, 0.2) is 0 Å². The molecule has 1 saturated heterocycles. The third-order valence-electron chi connectivity index (χ3n) is 4.93. The van der Waals surface area contributed by atoms with E-state index in [1.165, 1.54) is 44.5 Å². The minimum absolute atomic E-state index is 0.823. The molecule has 3 rings (SSSR count). The summed E-state index contributed by atoms with van der Waals surface area (Å²) in [6, 6.07) is 9.10. The third kappa shape index (κ3) is 3.29. The Hall–Kier alpha value is -0.730. The quantitative estimate of drug-likeness (QED) is 0.812. The zero-order valence-electron chi connectivity index (χ0n) is 12.4. The Morgan fingerprint density at radius 3 is 2.35 bits per heavy atom. The van der Waals surface area contributed by atoms with Gasteiger partial charge in [0.1, 0.15) is 0 Å². The first-order valence-corrected chi connectivity index (χ1v) is 8.35. The zero-order valence-corrected chi connectivity index (χ0v) is 13.1. The molecule has 1 aromatic rings. The van der Waals surface area contributed by atoms with Gasteiger partial charge in [-0.15, -0.1) is 0 Å². The van der Waals surface area contributed by atoms with Crippen LogP contribution in [0.2, 0.25) is 5.02 Å². The van der Waals surface area contributed by atoms with Crippen LogP contribution in [0.15, 0.2) is 24.3 Å². The van der Waals surface area contributed by atoms with Gasteiger partial charge < -0.3 is 4.90 Å².